The molecule has 2 nitrogen and oxygen atoms in total. The molecule has 6 heteroatoms. The van der Waals surface area contributed by atoms with E-state index in [1.54, 1.807) is 0 Å². The zero-order chi connectivity index (χ0) is 10.4. The average molecular weight is 239 g/mol. The van der Waals surface area contributed by atoms with Crippen LogP contribution in [0.5, 0.6) is 0 Å². The van der Waals surface area contributed by atoms with Crippen molar-refractivity contribution in [1.29, 1.82) is 0 Å². The van der Waals surface area contributed by atoms with Crippen LogP contribution in [0.4, 0.5) is 13.2 Å². The monoisotopic (exact) mass is 238 g/mol. The molecule has 2 rings (SSSR count). The van der Waals surface area contributed by atoms with Crippen molar-refractivity contribution >= 4 is 12.4 Å². The van der Waals surface area contributed by atoms with Gasteiger partial charge in [0.15, 0.2) is 0 Å². The molecular formula is C9H10ClF3N2. The molecule has 1 aliphatic rings. The van der Waals surface area contributed by atoms with E-state index in [1.165, 1.54) is 6.20 Å². The third-order valence-electron chi connectivity index (χ3n) is 2.45. The van der Waals surface area contributed by atoms with Crippen LogP contribution in [-0.2, 0) is 11.7 Å². The Balaban J connectivity index is 0.00000112. The van der Waals surface area contributed by atoms with Gasteiger partial charge in [0.25, 0.3) is 0 Å². The zero-order valence-corrected chi connectivity index (χ0v) is 8.53. The van der Waals surface area contributed by atoms with Crippen molar-refractivity contribution in [3.63, 3.8) is 0 Å². The molecule has 1 heterocycles. The molecule has 1 fully saturated rings. The fourth-order valence-electron chi connectivity index (χ4n) is 1.44. The number of pyridine rings is 1. The normalized spacial score (nSPS) is 18.1. The maximum atomic E-state index is 12.5. The van der Waals surface area contributed by atoms with Crippen molar-refractivity contribution in [2.24, 2.45) is 5.73 Å². The van der Waals surface area contributed by atoms with E-state index in [0.29, 0.717) is 12.8 Å². The second-order valence-corrected chi connectivity index (χ2v) is 3.58. The van der Waals surface area contributed by atoms with Crippen LogP contribution < -0.4 is 5.73 Å². The highest BCUT2D eigenvalue weighted by Gasteiger charge is 2.46. The molecule has 0 saturated heterocycles. The van der Waals surface area contributed by atoms with Crippen LogP contribution in [0, 0.1) is 0 Å². The number of hydrogen-bond acceptors (Lipinski definition) is 2. The highest BCUT2D eigenvalue weighted by molar-refractivity contribution is 5.85. The summed E-state index contributed by atoms with van der Waals surface area (Å²) in [6.45, 7) is 0. The molecule has 0 unspecified atom stereocenters. The summed E-state index contributed by atoms with van der Waals surface area (Å²) in [5.41, 5.74) is 4.39. The van der Waals surface area contributed by atoms with Crippen molar-refractivity contribution in [2.45, 2.75) is 24.6 Å². The SMILES string of the molecule is Cl.NC1(c2cnccc2C(F)(F)F)CC1. The molecular weight excluding hydrogens is 229 g/mol. The topological polar surface area (TPSA) is 38.9 Å². The third kappa shape index (κ3) is 2.23. The number of aromatic nitrogens is 1. The van der Waals surface area contributed by atoms with E-state index in [4.69, 9.17) is 5.73 Å². The number of hydrogen-bond donors (Lipinski definition) is 1. The summed E-state index contributed by atoms with van der Waals surface area (Å²) in [4.78, 5) is 3.69. The van der Waals surface area contributed by atoms with Crippen LogP contribution in [0.25, 0.3) is 0 Å². The Morgan fingerprint density at radius 1 is 1.33 bits per heavy atom. The van der Waals surface area contributed by atoms with E-state index in [0.717, 1.165) is 12.3 Å². The first-order valence-electron chi connectivity index (χ1n) is 4.24. The van der Waals surface area contributed by atoms with Gasteiger partial charge in [0.05, 0.1) is 5.56 Å². The van der Waals surface area contributed by atoms with E-state index in [1.807, 2.05) is 0 Å². The van der Waals surface area contributed by atoms with E-state index in [-0.39, 0.29) is 18.0 Å². The minimum absolute atomic E-state index is 0. The molecule has 0 aliphatic heterocycles. The minimum atomic E-state index is -4.34. The average Bonchev–Trinajstić information content (AvgIpc) is 2.84. The molecule has 15 heavy (non-hydrogen) atoms. The van der Waals surface area contributed by atoms with Crippen LogP contribution >= 0.6 is 12.4 Å². The lowest BCUT2D eigenvalue weighted by atomic mass is 10.0. The predicted molar refractivity (Wildman–Crippen MR) is 51.6 cm³/mol. The second-order valence-electron chi connectivity index (χ2n) is 3.58. The van der Waals surface area contributed by atoms with Gasteiger partial charge in [0.1, 0.15) is 0 Å². The van der Waals surface area contributed by atoms with Gasteiger partial charge in [-0.25, -0.2) is 0 Å². The van der Waals surface area contributed by atoms with E-state index >= 15 is 0 Å². The van der Waals surface area contributed by atoms with Crippen molar-refractivity contribution in [3.8, 4) is 0 Å². The van der Waals surface area contributed by atoms with Gasteiger partial charge < -0.3 is 5.73 Å². The third-order valence-corrected chi connectivity index (χ3v) is 2.45. The maximum Gasteiger partial charge on any atom is 0.416 e. The van der Waals surface area contributed by atoms with Crippen molar-refractivity contribution in [3.05, 3.63) is 29.6 Å². The number of alkyl halides is 3. The van der Waals surface area contributed by atoms with Gasteiger partial charge in [-0.1, -0.05) is 0 Å². The number of rotatable bonds is 1. The summed E-state index contributed by atoms with van der Waals surface area (Å²) in [6.07, 6.45) is -0.787. The molecule has 84 valence electrons. The van der Waals surface area contributed by atoms with Crippen molar-refractivity contribution in [1.82, 2.24) is 4.98 Å². The fraction of sp³-hybridized carbons (Fsp3) is 0.444. The summed E-state index contributed by atoms with van der Waals surface area (Å²) in [6, 6.07) is 0.974. The van der Waals surface area contributed by atoms with E-state index < -0.39 is 17.3 Å². The molecule has 0 aromatic carbocycles. The second kappa shape index (κ2) is 3.64. The summed E-state index contributed by atoms with van der Waals surface area (Å²) < 4.78 is 37.6. The van der Waals surface area contributed by atoms with Crippen LogP contribution in [0.3, 0.4) is 0 Å². The largest absolute Gasteiger partial charge is 0.416 e. The van der Waals surface area contributed by atoms with E-state index in [9.17, 15) is 13.2 Å². The lowest BCUT2D eigenvalue weighted by Gasteiger charge is -2.16. The highest BCUT2D eigenvalue weighted by atomic mass is 35.5. The Morgan fingerprint density at radius 3 is 2.40 bits per heavy atom. The van der Waals surface area contributed by atoms with Gasteiger partial charge in [-0.15, -0.1) is 12.4 Å². The summed E-state index contributed by atoms with van der Waals surface area (Å²) in [7, 11) is 0. The predicted octanol–water partition coefficient (Wildman–Crippen LogP) is 2.47. The first-order valence-corrected chi connectivity index (χ1v) is 4.24. The molecule has 1 aromatic heterocycles. The van der Waals surface area contributed by atoms with Crippen LogP contribution in [0.1, 0.15) is 24.0 Å². The zero-order valence-electron chi connectivity index (χ0n) is 7.71. The molecule has 1 aliphatic carbocycles. The van der Waals surface area contributed by atoms with Gasteiger partial charge >= 0.3 is 6.18 Å². The summed E-state index contributed by atoms with van der Waals surface area (Å²) in [5.74, 6) is 0. The van der Waals surface area contributed by atoms with Crippen LogP contribution in [-0.4, -0.2) is 4.98 Å². The Labute approximate surface area is 91.1 Å². The Morgan fingerprint density at radius 2 is 1.93 bits per heavy atom. The summed E-state index contributed by atoms with van der Waals surface area (Å²) in [5, 5.41) is 0. The Kier molecular flexibility index (Phi) is 2.98. The van der Waals surface area contributed by atoms with Gasteiger partial charge in [-0.2, -0.15) is 13.2 Å². The molecule has 1 saturated carbocycles. The number of halogens is 4. The molecule has 0 spiro atoms. The quantitative estimate of drug-likeness (QED) is 0.816. The van der Waals surface area contributed by atoms with Crippen LogP contribution in [0.15, 0.2) is 18.5 Å². The van der Waals surface area contributed by atoms with Crippen molar-refractivity contribution in [2.75, 3.05) is 0 Å². The Bertz CT molecular complexity index is 336. The minimum Gasteiger partial charge on any atom is -0.321 e. The van der Waals surface area contributed by atoms with Gasteiger partial charge in [-0.05, 0) is 18.9 Å². The first-order chi connectivity index (χ1) is 6.43. The summed E-state index contributed by atoms with van der Waals surface area (Å²) >= 11 is 0. The van der Waals surface area contributed by atoms with Crippen molar-refractivity contribution < 1.29 is 13.2 Å². The molecule has 2 N–H and O–H groups in total. The maximum absolute atomic E-state index is 12.5. The number of nitrogens with two attached hydrogens (primary N) is 1. The van der Waals surface area contributed by atoms with Gasteiger partial charge in [0.2, 0.25) is 0 Å². The van der Waals surface area contributed by atoms with E-state index in [2.05, 4.69) is 4.98 Å². The lowest BCUT2D eigenvalue weighted by molar-refractivity contribution is -0.138. The molecule has 0 atom stereocenters. The highest BCUT2D eigenvalue weighted by Crippen LogP contribution is 2.47. The molecule has 1 aromatic rings. The first kappa shape index (κ1) is 12.3. The lowest BCUT2D eigenvalue weighted by Crippen LogP contribution is -2.24. The smallest absolute Gasteiger partial charge is 0.321 e. The molecule has 0 bridgehead atoms. The molecule has 0 radical (unpaired) electrons. The van der Waals surface area contributed by atoms with Gasteiger partial charge in [-0.3, -0.25) is 4.98 Å². The van der Waals surface area contributed by atoms with Crippen LogP contribution in [0.2, 0.25) is 0 Å². The van der Waals surface area contributed by atoms with Gasteiger partial charge in [0, 0.05) is 23.5 Å². The fourth-order valence-corrected chi connectivity index (χ4v) is 1.44. The standard InChI is InChI=1S/C9H9F3N2.ClH/c10-9(11,12)6-1-4-14-5-7(6)8(13)2-3-8;/h1,4-5H,2-3,13H2;1H. The Hall–Kier alpha value is -0.810. The molecule has 0 amide bonds. The number of nitrogens with zero attached hydrogens (tertiary/aromatic N) is 1.